The number of nitrogen functional groups attached to an aromatic ring is 1. The molecule has 0 atom stereocenters. The number of nitrogens with zero attached hydrogens (tertiary/aromatic N) is 3. The first kappa shape index (κ1) is 21.3. The Morgan fingerprint density at radius 2 is 2.00 bits per heavy atom. The van der Waals surface area contributed by atoms with E-state index in [1.807, 2.05) is 31.2 Å². The largest absolute Gasteiger partial charge is 0.369 e. The summed E-state index contributed by atoms with van der Waals surface area (Å²) in [6, 6.07) is 10.5. The first-order valence-electron chi connectivity index (χ1n) is 8.49. The molecule has 0 spiro atoms. The molecule has 1 aromatic carbocycles. The van der Waals surface area contributed by atoms with Crippen molar-refractivity contribution in [1.82, 2.24) is 15.0 Å². The zero-order chi connectivity index (χ0) is 21.0. The molecule has 3 aromatic rings. The van der Waals surface area contributed by atoms with Crippen molar-refractivity contribution in [1.29, 1.82) is 0 Å². The second-order valence-electron chi connectivity index (χ2n) is 6.06. The first-order valence-corrected chi connectivity index (χ1v) is 11.4. The number of sulfonamides is 1. The summed E-state index contributed by atoms with van der Waals surface area (Å²) in [6.07, 6.45) is 1.25. The van der Waals surface area contributed by atoms with Crippen LogP contribution >= 0.6 is 23.4 Å². The van der Waals surface area contributed by atoms with Gasteiger partial charge in [-0.1, -0.05) is 23.7 Å². The van der Waals surface area contributed by atoms with Gasteiger partial charge in [0.15, 0.2) is 0 Å². The minimum absolute atomic E-state index is 0.0136. The molecule has 0 fully saturated rings. The number of hydrogen-bond acceptors (Lipinski definition) is 8. The molecule has 0 aliphatic carbocycles. The van der Waals surface area contributed by atoms with Crippen LogP contribution in [0.3, 0.4) is 0 Å². The van der Waals surface area contributed by atoms with Crippen molar-refractivity contribution in [2.45, 2.75) is 16.8 Å². The van der Waals surface area contributed by atoms with E-state index in [2.05, 4.69) is 20.3 Å². The summed E-state index contributed by atoms with van der Waals surface area (Å²) in [5, 5.41) is 9.62. The molecular weight excluding hydrogens is 432 g/mol. The molecule has 11 heteroatoms. The first-order chi connectivity index (χ1) is 13.7. The fourth-order valence-corrected chi connectivity index (χ4v) is 3.87. The molecule has 0 bridgehead atoms. The van der Waals surface area contributed by atoms with Crippen LogP contribution in [0, 0.1) is 6.92 Å². The fourth-order valence-electron chi connectivity index (χ4n) is 2.53. The lowest BCUT2D eigenvalue weighted by Gasteiger charge is -2.11. The van der Waals surface area contributed by atoms with Gasteiger partial charge in [0.25, 0.3) is 0 Å². The minimum atomic E-state index is -3.74. The molecule has 0 unspecified atom stereocenters. The van der Waals surface area contributed by atoms with Gasteiger partial charge in [-0.15, -0.1) is 11.8 Å². The standard InChI is InChI=1S/C18H19ClN6O2S2/c1-11-13(3-2-4-14(11)19)15-9-16(25-18(20)24-15)22-7-8-28-17-6-5-12(10-23-17)29(21,26)27/h2-6,9-10H,7-8H2,1H3,(H2,21,26,27)(H3,20,22,24,25). The summed E-state index contributed by atoms with van der Waals surface area (Å²) < 4.78 is 22.5. The SMILES string of the molecule is Cc1c(Cl)cccc1-c1cc(NCCSc2ccc(S(N)(=O)=O)cn2)nc(N)n1. The van der Waals surface area contributed by atoms with Gasteiger partial charge in [-0.2, -0.15) is 4.98 Å². The summed E-state index contributed by atoms with van der Waals surface area (Å²) in [5.74, 6) is 1.44. The Hall–Kier alpha value is -2.40. The highest BCUT2D eigenvalue weighted by Crippen LogP contribution is 2.28. The second-order valence-corrected chi connectivity index (χ2v) is 9.15. The number of thioether (sulfide) groups is 1. The van der Waals surface area contributed by atoms with Crippen molar-refractivity contribution in [2.75, 3.05) is 23.3 Å². The summed E-state index contributed by atoms with van der Waals surface area (Å²) >= 11 is 7.67. The molecule has 0 aliphatic rings. The van der Waals surface area contributed by atoms with Gasteiger partial charge < -0.3 is 11.1 Å². The van der Waals surface area contributed by atoms with Crippen LogP contribution in [0.1, 0.15) is 5.56 Å². The lowest BCUT2D eigenvalue weighted by Crippen LogP contribution is -2.12. The zero-order valence-corrected chi connectivity index (χ0v) is 17.9. The van der Waals surface area contributed by atoms with E-state index < -0.39 is 10.0 Å². The maximum Gasteiger partial charge on any atom is 0.239 e. The van der Waals surface area contributed by atoms with E-state index >= 15 is 0 Å². The molecular formula is C18H19ClN6O2S2. The van der Waals surface area contributed by atoms with Crippen LogP contribution in [0.25, 0.3) is 11.3 Å². The molecule has 0 saturated carbocycles. The summed E-state index contributed by atoms with van der Waals surface area (Å²) in [7, 11) is -3.74. The molecule has 8 nitrogen and oxygen atoms in total. The van der Waals surface area contributed by atoms with Crippen LogP contribution in [0.2, 0.25) is 5.02 Å². The Morgan fingerprint density at radius 3 is 2.69 bits per heavy atom. The van der Waals surface area contributed by atoms with Gasteiger partial charge >= 0.3 is 0 Å². The predicted octanol–water partition coefficient (Wildman–Crippen LogP) is 2.93. The fraction of sp³-hybridized carbons (Fsp3) is 0.167. The van der Waals surface area contributed by atoms with E-state index in [-0.39, 0.29) is 10.8 Å². The molecule has 0 amide bonds. The van der Waals surface area contributed by atoms with Gasteiger partial charge in [0.05, 0.1) is 10.7 Å². The monoisotopic (exact) mass is 450 g/mol. The maximum absolute atomic E-state index is 11.2. The molecule has 2 aromatic heterocycles. The average Bonchev–Trinajstić information content (AvgIpc) is 2.66. The normalized spacial score (nSPS) is 11.4. The molecule has 0 saturated heterocycles. The lowest BCUT2D eigenvalue weighted by molar-refractivity contribution is 0.597. The third-order valence-corrected chi connectivity index (χ3v) is 6.24. The summed E-state index contributed by atoms with van der Waals surface area (Å²) in [6.45, 7) is 2.52. The Bertz CT molecular complexity index is 1120. The quantitative estimate of drug-likeness (QED) is 0.369. The lowest BCUT2D eigenvalue weighted by atomic mass is 10.1. The number of hydrogen-bond donors (Lipinski definition) is 3. The number of anilines is 2. The Kier molecular flexibility index (Phi) is 6.58. The number of nitrogens with two attached hydrogens (primary N) is 2. The molecule has 2 heterocycles. The van der Waals surface area contributed by atoms with Crippen molar-refractivity contribution in [3.05, 3.63) is 53.2 Å². The number of pyridine rings is 1. The number of benzene rings is 1. The Balaban J connectivity index is 1.63. The highest BCUT2D eigenvalue weighted by Gasteiger charge is 2.10. The smallest absolute Gasteiger partial charge is 0.239 e. The molecule has 152 valence electrons. The van der Waals surface area contributed by atoms with Gasteiger partial charge in [0.2, 0.25) is 16.0 Å². The third kappa shape index (κ3) is 5.57. The van der Waals surface area contributed by atoms with Crippen LogP contribution in [-0.4, -0.2) is 35.7 Å². The molecule has 0 aliphatic heterocycles. The van der Waals surface area contributed by atoms with E-state index in [1.54, 1.807) is 6.07 Å². The van der Waals surface area contributed by atoms with Gasteiger partial charge in [-0.25, -0.2) is 23.5 Å². The van der Waals surface area contributed by atoms with Crippen molar-refractivity contribution in [2.24, 2.45) is 5.14 Å². The average molecular weight is 451 g/mol. The molecule has 5 N–H and O–H groups in total. The molecule has 3 rings (SSSR count). The number of primary sulfonamides is 1. The Labute approximate surface area is 178 Å². The number of nitrogens with one attached hydrogen (secondary N) is 1. The van der Waals surface area contributed by atoms with Crippen LogP contribution < -0.4 is 16.2 Å². The van der Waals surface area contributed by atoms with E-state index in [0.29, 0.717) is 33.9 Å². The highest BCUT2D eigenvalue weighted by atomic mass is 35.5. The van der Waals surface area contributed by atoms with Gasteiger partial charge in [-0.3, -0.25) is 0 Å². The number of halogens is 1. The van der Waals surface area contributed by atoms with Crippen LogP contribution in [0.4, 0.5) is 11.8 Å². The van der Waals surface area contributed by atoms with Crippen molar-refractivity contribution >= 4 is 45.2 Å². The highest BCUT2D eigenvalue weighted by molar-refractivity contribution is 7.99. The van der Waals surface area contributed by atoms with E-state index in [1.165, 1.54) is 24.0 Å². The molecule has 29 heavy (non-hydrogen) atoms. The number of aromatic nitrogens is 3. The van der Waals surface area contributed by atoms with Crippen molar-refractivity contribution < 1.29 is 8.42 Å². The topological polar surface area (TPSA) is 137 Å². The van der Waals surface area contributed by atoms with E-state index in [0.717, 1.165) is 11.1 Å². The van der Waals surface area contributed by atoms with Crippen LogP contribution in [-0.2, 0) is 10.0 Å². The Morgan fingerprint density at radius 1 is 1.21 bits per heavy atom. The predicted molar refractivity (Wildman–Crippen MR) is 116 cm³/mol. The minimum Gasteiger partial charge on any atom is -0.369 e. The van der Waals surface area contributed by atoms with Crippen LogP contribution in [0.15, 0.2) is 52.5 Å². The van der Waals surface area contributed by atoms with Crippen molar-refractivity contribution in [3.8, 4) is 11.3 Å². The van der Waals surface area contributed by atoms with Gasteiger partial charge in [-0.05, 0) is 30.7 Å². The van der Waals surface area contributed by atoms with E-state index in [4.69, 9.17) is 22.5 Å². The van der Waals surface area contributed by atoms with Crippen LogP contribution in [0.5, 0.6) is 0 Å². The summed E-state index contributed by atoms with van der Waals surface area (Å²) in [4.78, 5) is 12.6. The summed E-state index contributed by atoms with van der Waals surface area (Å²) in [5.41, 5.74) is 8.36. The third-order valence-electron chi connectivity index (χ3n) is 3.98. The van der Waals surface area contributed by atoms with Crippen molar-refractivity contribution in [3.63, 3.8) is 0 Å². The number of rotatable bonds is 7. The van der Waals surface area contributed by atoms with Gasteiger partial charge in [0, 0.05) is 35.1 Å². The second kappa shape index (κ2) is 8.95. The molecule has 0 radical (unpaired) electrons. The zero-order valence-electron chi connectivity index (χ0n) is 15.5. The van der Waals surface area contributed by atoms with Gasteiger partial charge in [0.1, 0.15) is 10.7 Å². The maximum atomic E-state index is 11.2. The van der Waals surface area contributed by atoms with E-state index in [9.17, 15) is 8.42 Å².